The van der Waals surface area contributed by atoms with Gasteiger partial charge in [-0.1, -0.05) is 24.4 Å². The van der Waals surface area contributed by atoms with E-state index in [1.807, 2.05) is 41.0 Å². The molecule has 3 aromatic rings. The third-order valence-electron chi connectivity index (χ3n) is 3.15. The van der Waals surface area contributed by atoms with E-state index in [0.717, 1.165) is 22.7 Å². The normalized spacial score (nSPS) is 10.7. The number of methoxy groups -OCH3 is 1. The lowest BCUT2D eigenvalue weighted by Gasteiger charge is -2.08. The van der Waals surface area contributed by atoms with Gasteiger partial charge in [-0.25, -0.2) is 9.97 Å². The first-order chi connectivity index (χ1) is 10.2. The van der Waals surface area contributed by atoms with Crippen molar-refractivity contribution in [2.24, 2.45) is 5.73 Å². The Kier molecular flexibility index (Phi) is 3.53. The maximum Gasteiger partial charge on any atom is 0.138 e. The largest absolute Gasteiger partial charge is 0.495 e. The minimum absolute atomic E-state index is 0.403. The monoisotopic (exact) mass is 298 g/mol. The van der Waals surface area contributed by atoms with Crippen LogP contribution in [0.4, 0.5) is 0 Å². The number of hydrogen-bond donors (Lipinski definition) is 1. The van der Waals surface area contributed by atoms with Gasteiger partial charge in [-0.3, -0.25) is 4.57 Å². The molecule has 5 nitrogen and oxygen atoms in total. The molecular formula is C15H14N4OS. The molecular weight excluding hydrogens is 284 g/mol. The van der Waals surface area contributed by atoms with Crippen LogP contribution in [0.15, 0.2) is 42.6 Å². The Morgan fingerprint density at radius 1 is 1.29 bits per heavy atom. The first-order valence-electron chi connectivity index (χ1n) is 6.44. The minimum Gasteiger partial charge on any atom is -0.495 e. The number of nitrogens with two attached hydrogens (primary N) is 1. The van der Waals surface area contributed by atoms with E-state index in [-0.39, 0.29) is 0 Å². The number of benzene rings is 1. The molecule has 0 saturated carbocycles. The molecule has 1 aromatic carbocycles. The lowest BCUT2D eigenvalue weighted by Crippen LogP contribution is -2.15. The minimum atomic E-state index is 0.403. The van der Waals surface area contributed by atoms with Gasteiger partial charge in [0.25, 0.3) is 0 Å². The van der Waals surface area contributed by atoms with E-state index in [0.29, 0.717) is 17.2 Å². The Labute approximate surface area is 127 Å². The zero-order valence-electron chi connectivity index (χ0n) is 11.5. The second-order valence-electron chi connectivity index (χ2n) is 4.55. The number of imidazole rings is 1. The Morgan fingerprint density at radius 2 is 2.10 bits per heavy atom. The van der Waals surface area contributed by atoms with Crippen molar-refractivity contribution >= 4 is 28.2 Å². The molecule has 0 bridgehead atoms. The Bertz CT molecular complexity index is 795. The molecule has 0 amide bonds. The summed E-state index contributed by atoms with van der Waals surface area (Å²) < 4.78 is 7.11. The SMILES string of the molecule is COc1ccc(-n2c(CC(N)=S)nc3ccccc32)nc1. The van der Waals surface area contributed by atoms with Crippen molar-refractivity contribution < 1.29 is 4.74 Å². The van der Waals surface area contributed by atoms with E-state index < -0.39 is 0 Å². The molecule has 106 valence electrons. The molecule has 0 aliphatic carbocycles. The Hall–Kier alpha value is -2.47. The van der Waals surface area contributed by atoms with Crippen LogP contribution in [-0.2, 0) is 6.42 Å². The van der Waals surface area contributed by atoms with Crippen molar-refractivity contribution in [1.29, 1.82) is 0 Å². The fraction of sp³-hybridized carbons (Fsp3) is 0.133. The average molecular weight is 298 g/mol. The van der Waals surface area contributed by atoms with Crippen LogP contribution >= 0.6 is 12.2 Å². The van der Waals surface area contributed by atoms with Crippen LogP contribution in [-0.4, -0.2) is 26.6 Å². The van der Waals surface area contributed by atoms with Gasteiger partial charge in [-0.05, 0) is 24.3 Å². The Morgan fingerprint density at radius 3 is 2.76 bits per heavy atom. The van der Waals surface area contributed by atoms with Gasteiger partial charge in [0.15, 0.2) is 0 Å². The lowest BCUT2D eigenvalue weighted by molar-refractivity contribution is 0.413. The molecule has 0 fully saturated rings. The van der Waals surface area contributed by atoms with Crippen molar-refractivity contribution in [2.75, 3.05) is 7.11 Å². The number of ether oxygens (including phenoxy) is 1. The molecule has 3 rings (SSSR count). The van der Waals surface area contributed by atoms with Gasteiger partial charge in [0.2, 0.25) is 0 Å². The van der Waals surface area contributed by atoms with Gasteiger partial charge in [-0.15, -0.1) is 0 Å². The van der Waals surface area contributed by atoms with E-state index in [1.165, 1.54) is 0 Å². The Balaban J connectivity index is 2.19. The number of aromatic nitrogens is 3. The summed E-state index contributed by atoms with van der Waals surface area (Å²) in [6.45, 7) is 0. The maximum absolute atomic E-state index is 5.68. The number of rotatable bonds is 4. The predicted molar refractivity (Wildman–Crippen MR) is 85.9 cm³/mol. The second kappa shape index (κ2) is 5.49. The smallest absolute Gasteiger partial charge is 0.138 e. The van der Waals surface area contributed by atoms with Gasteiger partial charge >= 0.3 is 0 Å². The summed E-state index contributed by atoms with van der Waals surface area (Å²) in [6.07, 6.45) is 2.10. The van der Waals surface area contributed by atoms with E-state index >= 15 is 0 Å². The highest BCUT2D eigenvalue weighted by Gasteiger charge is 2.13. The van der Waals surface area contributed by atoms with E-state index in [9.17, 15) is 0 Å². The average Bonchev–Trinajstić information content (AvgIpc) is 2.84. The van der Waals surface area contributed by atoms with Crippen LogP contribution in [0.25, 0.3) is 16.9 Å². The highest BCUT2D eigenvalue weighted by Crippen LogP contribution is 2.21. The molecule has 0 atom stereocenters. The van der Waals surface area contributed by atoms with Gasteiger partial charge in [0.05, 0.1) is 35.7 Å². The molecule has 0 aliphatic rings. The molecule has 0 spiro atoms. The molecule has 2 aromatic heterocycles. The van der Waals surface area contributed by atoms with Gasteiger partial charge in [0, 0.05) is 0 Å². The summed E-state index contributed by atoms with van der Waals surface area (Å²) in [4.78, 5) is 9.42. The standard InChI is InChI=1S/C15H14N4OS/c1-20-10-6-7-14(17-9-10)19-12-5-3-2-4-11(12)18-15(19)8-13(16)21/h2-7,9H,8H2,1H3,(H2,16,21). The maximum atomic E-state index is 5.68. The van der Waals surface area contributed by atoms with Crippen molar-refractivity contribution in [3.63, 3.8) is 0 Å². The third kappa shape index (κ3) is 2.57. The highest BCUT2D eigenvalue weighted by molar-refractivity contribution is 7.80. The number of hydrogen-bond acceptors (Lipinski definition) is 4. The summed E-state index contributed by atoms with van der Waals surface area (Å²) in [5.41, 5.74) is 7.54. The van der Waals surface area contributed by atoms with Crippen molar-refractivity contribution in [3.8, 4) is 11.6 Å². The molecule has 0 saturated heterocycles. The van der Waals surface area contributed by atoms with Crippen molar-refractivity contribution in [3.05, 3.63) is 48.4 Å². The first-order valence-corrected chi connectivity index (χ1v) is 6.85. The zero-order chi connectivity index (χ0) is 14.8. The number of pyridine rings is 1. The van der Waals surface area contributed by atoms with Crippen LogP contribution in [0, 0.1) is 0 Å². The fourth-order valence-corrected chi connectivity index (χ4v) is 2.36. The molecule has 0 radical (unpaired) electrons. The number of para-hydroxylation sites is 2. The lowest BCUT2D eigenvalue weighted by atomic mass is 10.3. The molecule has 2 heterocycles. The quantitative estimate of drug-likeness (QED) is 0.748. The number of nitrogens with zero attached hydrogens (tertiary/aromatic N) is 3. The van der Waals surface area contributed by atoms with Gasteiger partial charge in [0.1, 0.15) is 17.4 Å². The molecule has 0 unspecified atom stereocenters. The first kappa shape index (κ1) is 13.5. The van der Waals surface area contributed by atoms with Crippen molar-refractivity contribution in [2.45, 2.75) is 6.42 Å². The summed E-state index contributed by atoms with van der Waals surface area (Å²) in [5, 5.41) is 0. The van der Waals surface area contributed by atoms with E-state index in [4.69, 9.17) is 22.7 Å². The molecule has 6 heteroatoms. The van der Waals surface area contributed by atoms with Crippen LogP contribution in [0.2, 0.25) is 0 Å². The molecule has 2 N–H and O–H groups in total. The van der Waals surface area contributed by atoms with Crippen LogP contribution in [0.3, 0.4) is 0 Å². The van der Waals surface area contributed by atoms with E-state index in [2.05, 4.69) is 9.97 Å². The number of thiocarbonyl (C=S) groups is 1. The topological polar surface area (TPSA) is 66.0 Å². The highest BCUT2D eigenvalue weighted by atomic mass is 32.1. The van der Waals surface area contributed by atoms with Crippen LogP contribution in [0.1, 0.15) is 5.82 Å². The third-order valence-corrected chi connectivity index (χ3v) is 3.29. The summed E-state index contributed by atoms with van der Waals surface area (Å²) in [5.74, 6) is 2.25. The zero-order valence-corrected chi connectivity index (χ0v) is 12.3. The summed E-state index contributed by atoms with van der Waals surface area (Å²) >= 11 is 5.02. The van der Waals surface area contributed by atoms with Crippen molar-refractivity contribution in [1.82, 2.24) is 14.5 Å². The summed E-state index contributed by atoms with van der Waals surface area (Å²) in [7, 11) is 1.61. The van der Waals surface area contributed by atoms with E-state index in [1.54, 1.807) is 13.3 Å². The fourth-order valence-electron chi connectivity index (χ4n) is 2.23. The number of fused-ring (bicyclic) bond motifs is 1. The summed E-state index contributed by atoms with van der Waals surface area (Å²) in [6, 6.07) is 11.6. The molecule has 0 aliphatic heterocycles. The van der Waals surface area contributed by atoms with Gasteiger partial charge < -0.3 is 10.5 Å². The molecule has 21 heavy (non-hydrogen) atoms. The van der Waals surface area contributed by atoms with Gasteiger partial charge in [-0.2, -0.15) is 0 Å². The van der Waals surface area contributed by atoms with Crippen LogP contribution < -0.4 is 10.5 Å². The predicted octanol–water partition coefficient (Wildman–Crippen LogP) is 2.26. The van der Waals surface area contributed by atoms with Crippen LogP contribution in [0.5, 0.6) is 5.75 Å². The second-order valence-corrected chi connectivity index (χ2v) is 5.08.